The highest BCUT2D eigenvalue weighted by Crippen LogP contribution is 2.25. The minimum atomic E-state index is -0.331. The van der Waals surface area contributed by atoms with Crippen LogP contribution in [0.3, 0.4) is 0 Å². The van der Waals surface area contributed by atoms with Gasteiger partial charge in [0, 0.05) is 24.0 Å². The monoisotopic (exact) mass is 421 g/mol. The zero-order chi connectivity index (χ0) is 20.1. The Labute approximate surface area is 172 Å². The fraction of sp³-hybridized carbons (Fsp3) is 0.250. The highest BCUT2D eigenvalue weighted by atomic mass is 35.5. The van der Waals surface area contributed by atoms with Crippen LogP contribution in [0.5, 0.6) is 0 Å². The first-order chi connectivity index (χ1) is 13.4. The summed E-state index contributed by atoms with van der Waals surface area (Å²) in [6.45, 7) is 0.912. The van der Waals surface area contributed by atoms with Gasteiger partial charge in [-0.2, -0.15) is 5.10 Å². The third-order valence-electron chi connectivity index (χ3n) is 4.57. The maximum absolute atomic E-state index is 12.9. The van der Waals surface area contributed by atoms with Crippen LogP contribution in [-0.4, -0.2) is 36.0 Å². The van der Waals surface area contributed by atoms with Crippen LogP contribution in [0.25, 0.3) is 0 Å². The fourth-order valence-electron chi connectivity index (χ4n) is 2.99. The number of rotatable bonds is 4. The number of hydrogen-bond donors (Lipinski definition) is 1. The van der Waals surface area contributed by atoms with Crippen molar-refractivity contribution < 1.29 is 14.0 Å². The predicted molar refractivity (Wildman–Crippen MR) is 107 cm³/mol. The van der Waals surface area contributed by atoms with E-state index in [9.17, 15) is 14.0 Å². The van der Waals surface area contributed by atoms with Gasteiger partial charge < -0.3 is 4.90 Å². The second kappa shape index (κ2) is 9.17. The highest BCUT2D eigenvalue weighted by molar-refractivity contribution is 6.36. The molecule has 2 aromatic carbocycles. The van der Waals surface area contributed by atoms with E-state index in [0.29, 0.717) is 47.1 Å². The molecule has 0 aliphatic carbocycles. The van der Waals surface area contributed by atoms with Gasteiger partial charge in [0.25, 0.3) is 5.91 Å². The van der Waals surface area contributed by atoms with Crippen LogP contribution in [0, 0.1) is 11.7 Å². The normalized spacial score (nSPS) is 15.0. The molecule has 0 radical (unpaired) electrons. The standard InChI is InChI=1S/C20H18Cl2FN3O2/c21-15-3-6-17(18(22)11-15)20(28)26-9-7-14(8-10-26)19(27)25-24-12-13-1-4-16(23)5-2-13/h1-6,11-12,14H,7-10H2,(H,25,27)/b24-12-. The summed E-state index contributed by atoms with van der Waals surface area (Å²) in [5.41, 5.74) is 3.59. The number of hydrazone groups is 1. The number of piperidine rings is 1. The second-order valence-corrected chi connectivity index (χ2v) is 7.32. The van der Waals surface area contributed by atoms with Gasteiger partial charge in [-0.15, -0.1) is 0 Å². The molecule has 1 heterocycles. The highest BCUT2D eigenvalue weighted by Gasteiger charge is 2.28. The lowest BCUT2D eigenvalue weighted by Gasteiger charge is -2.31. The predicted octanol–water partition coefficient (Wildman–Crippen LogP) is 4.14. The summed E-state index contributed by atoms with van der Waals surface area (Å²) >= 11 is 12.0. The van der Waals surface area contributed by atoms with Crippen LogP contribution in [0.2, 0.25) is 10.0 Å². The molecule has 146 valence electrons. The molecule has 28 heavy (non-hydrogen) atoms. The summed E-state index contributed by atoms with van der Waals surface area (Å²) in [4.78, 5) is 26.5. The van der Waals surface area contributed by atoms with Gasteiger partial charge in [0.15, 0.2) is 0 Å². The first-order valence-electron chi connectivity index (χ1n) is 8.77. The van der Waals surface area contributed by atoms with Crippen molar-refractivity contribution in [2.24, 2.45) is 11.0 Å². The molecule has 0 saturated carbocycles. The van der Waals surface area contributed by atoms with Gasteiger partial charge in [0.1, 0.15) is 5.82 Å². The summed E-state index contributed by atoms with van der Waals surface area (Å²) in [6, 6.07) is 10.5. The van der Waals surface area contributed by atoms with Crippen LogP contribution in [0.4, 0.5) is 4.39 Å². The molecule has 1 N–H and O–H groups in total. The number of halogens is 3. The SMILES string of the molecule is O=C(N/N=C\c1ccc(F)cc1)C1CCN(C(=O)c2ccc(Cl)cc2Cl)CC1. The quantitative estimate of drug-likeness (QED) is 0.595. The van der Waals surface area contributed by atoms with E-state index < -0.39 is 0 Å². The molecular weight excluding hydrogens is 404 g/mol. The van der Waals surface area contributed by atoms with Crippen molar-refractivity contribution in [1.82, 2.24) is 10.3 Å². The fourth-order valence-corrected chi connectivity index (χ4v) is 3.48. The van der Waals surface area contributed by atoms with Crippen LogP contribution in [0.15, 0.2) is 47.6 Å². The summed E-state index contributed by atoms with van der Waals surface area (Å²) in [6.07, 6.45) is 2.53. The van der Waals surface area contributed by atoms with Gasteiger partial charge in [0.2, 0.25) is 5.91 Å². The van der Waals surface area contributed by atoms with Gasteiger partial charge in [-0.25, -0.2) is 9.82 Å². The maximum Gasteiger partial charge on any atom is 0.255 e. The molecule has 1 aliphatic heterocycles. The number of likely N-dealkylation sites (tertiary alicyclic amines) is 1. The Morgan fingerprint density at radius 3 is 2.43 bits per heavy atom. The minimum Gasteiger partial charge on any atom is -0.339 e. The average Bonchev–Trinajstić information content (AvgIpc) is 2.69. The average molecular weight is 422 g/mol. The van der Waals surface area contributed by atoms with E-state index in [4.69, 9.17) is 23.2 Å². The van der Waals surface area contributed by atoms with Gasteiger partial charge in [-0.05, 0) is 48.7 Å². The number of benzene rings is 2. The molecule has 0 bridgehead atoms. The number of carbonyl (C=O) groups excluding carboxylic acids is 2. The van der Waals surface area contributed by atoms with Crippen molar-refractivity contribution in [1.29, 1.82) is 0 Å². The first-order valence-corrected chi connectivity index (χ1v) is 9.52. The third-order valence-corrected chi connectivity index (χ3v) is 5.12. The molecule has 5 nitrogen and oxygen atoms in total. The third kappa shape index (κ3) is 5.09. The van der Waals surface area contributed by atoms with Crippen molar-refractivity contribution in [3.63, 3.8) is 0 Å². The van der Waals surface area contributed by atoms with Crippen LogP contribution < -0.4 is 5.43 Å². The number of carbonyl (C=O) groups is 2. The van der Waals surface area contributed by atoms with Crippen molar-refractivity contribution in [2.75, 3.05) is 13.1 Å². The zero-order valence-electron chi connectivity index (χ0n) is 14.9. The number of nitrogens with zero attached hydrogens (tertiary/aromatic N) is 2. The van der Waals surface area contributed by atoms with E-state index in [1.54, 1.807) is 29.2 Å². The summed E-state index contributed by atoms with van der Waals surface area (Å²) in [5, 5.41) is 4.69. The molecule has 0 unspecified atom stereocenters. The summed E-state index contributed by atoms with van der Waals surface area (Å²) in [5.74, 6) is -0.928. The molecule has 2 aromatic rings. The zero-order valence-corrected chi connectivity index (χ0v) is 16.4. The van der Waals surface area contributed by atoms with E-state index in [1.165, 1.54) is 24.4 Å². The molecule has 1 saturated heterocycles. The van der Waals surface area contributed by atoms with E-state index in [-0.39, 0.29) is 23.5 Å². The Hall–Kier alpha value is -2.44. The molecule has 8 heteroatoms. The molecule has 2 amide bonds. The van der Waals surface area contributed by atoms with Crippen molar-refractivity contribution >= 4 is 41.2 Å². The first kappa shape index (κ1) is 20.3. The Bertz CT molecular complexity index is 895. The van der Waals surface area contributed by atoms with Gasteiger partial charge in [-0.3, -0.25) is 9.59 Å². The van der Waals surface area contributed by atoms with Crippen LogP contribution in [-0.2, 0) is 4.79 Å². The number of nitrogens with one attached hydrogen (secondary N) is 1. The molecule has 0 aromatic heterocycles. The summed E-state index contributed by atoms with van der Waals surface area (Å²) < 4.78 is 12.9. The van der Waals surface area contributed by atoms with E-state index in [1.807, 2.05) is 0 Å². The number of amides is 2. The topological polar surface area (TPSA) is 61.8 Å². The molecule has 0 atom stereocenters. The van der Waals surface area contributed by atoms with Crippen molar-refractivity contribution in [3.05, 3.63) is 69.5 Å². The molecule has 1 aliphatic rings. The van der Waals surface area contributed by atoms with Gasteiger partial charge in [0.05, 0.1) is 16.8 Å². The molecule has 1 fully saturated rings. The largest absolute Gasteiger partial charge is 0.339 e. The van der Waals surface area contributed by atoms with E-state index >= 15 is 0 Å². The molecule has 0 spiro atoms. The Morgan fingerprint density at radius 2 is 1.79 bits per heavy atom. The van der Waals surface area contributed by atoms with Crippen molar-refractivity contribution in [3.8, 4) is 0 Å². The van der Waals surface area contributed by atoms with Gasteiger partial charge in [-0.1, -0.05) is 35.3 Å². The molecular formula is C20H18Cl2FN3O2. The lowest BCUT2D eigenvalue weighted by atomic mass is 9.95. The maximum atomic E-state index is 12.9. The Kier molecular flexibility index (Phi) is 6.65. The Morgan fingerprint density at radius 1 is 1.11 bits per heavy atom. The number of hydrogen-bond acceptors (Lipinski definition) is 3. The van der Waals surface area contributed by atoms with Crippen molar-refractivity contribution in [2.45, 2.75) is 12.8 Å². The lowest BCUT2D eigenvalue weighted by molar-refractivity contribution is -0.126. The minimum absolute atomic E-state index is 0.171. The van der Waals surface area contributed by atoms with Gasteiger partial charge >= 0.3 is 0 Å². The lowest BCUT2D eigenvalue weighted by Crippen LogP contribution is -2.42. The van der Waals surface area contributed by atoms with Crippen LogP contribution in [0.1, 0.15) is 28.8 Å². The van der Waals surface area contributed by atoms with E-state index in [2.05, 4.69) is 10.5 Å². The van der Waals surface area contributed by atoms with E-state index in [0.717, 1.165) is 0 Å². The van der Waals surface area contributed by atoms with Crippen LogP contribution >= 0.6 is 23.2 Å². The smallest absolute Gasteiger partial charge is 0.255 e. The second-order valence-electron chi connectivity index (χ2n) is 6.48. The molecule has 3 rings (SSSR count). The summed E-state index contributed by atoms with van der Waals surface area (Å²) in [7, 11) is 0. The Balaban J connectivity index is 1.51.